The first-order chi connectivity index (χ1) is 7.83. The Labute approximate surface area is 106 Å². The summed E-state index contributed by atoms with van der Waals surface area (Å²) in [7, 11) is 0. The normalized spacial score (nSPS) is 25.7. The van der Waals surface area contributed by atoms with E-state index in [0.29, 0.717) is 0 Å². The molecule has 1 aliphatic carbocycles. The zero-order chi connectivity index (χ0) is 11.0. The molecule has 2 aliphatic rings. The molecule has 0 spiro atoms. The van der Waals surface area contributed by atoms with Crippen molar-refractivity contribution >= 4 is 15.9 Å². The van der Waals surface area contributed by atoms with Crippen LogP contribution < -0.4 is 0 Å². The molecule has 0 aromatic heterocycles. The summed E-state index contributed by atoms with van der Waals surface area (Å²) in [6.07, 6.45) is 6.76. The number of fused-ring (bicyclic) bond motifs is 1. The van der Waals surface area contributed by atoms with E-state index in [1.807, 2.05) is 0 Å². The molecule has 0 radical (unpaired) electrons. The van der Waals surface area contributed by atoms with Crippen molar-refractivity contribution in [3.63, 3.8) is 0 Å². The average molecular weight is 280 g/mol. The Kier molecular flexibility index (Phi) is 3.03. The standard InChI is InChI=1S/C14H18BrN/c15-13-5-4-11-9-14(10-12(11)8-13)16-6-2-1-3-7-16/h4-5,8,14H,1-3,6-7,9-10H2. The van der Waals surface area contributed by atoms with Crippen molar-refractivity contribution in [2.45, 2.75) is 38.1 Å². The van der Waals surface area contributed by atoms with Gasteiger partial charge in [-0.3, -0.25) is 4.90 Å². The molecule has 0 bridgehead atoms. The van der Waals surface area contributed by atoms with Gasteiger partial charge < -0.3 is 0 Å². The first kappa shape index (κ1) is 10.8. The molecule has 0 amide bonds. The van der Waals surface area contributed by atoms with Crippen molar-refractivity contribution in [1.29, 1.82) is 0 Å². The summed E-state index contributed by atoms with van der Waals surface area (Å²) in [4.78, 5) is 2.71. The van der Waals surface area contributed by atoms with Gasteiger partial charge >= 0.3 is 0 Å². The smallest absolute Gasteiger partial charge is 0.0178 e. The van der Waals surface area contributed by atoms with E-state index in [1.165, 1.54) is 49.7 Å². The zero-order valence-electron chi connectivity index (χ0n) is 9.58. The van der Waals surface area contributed by atoms with Crippen LogP contribution in [0.3, 0.4) is 0 Å². The molecule has 86 valence electrons. The lowest BCUT2D eigenvalue weighted by Gasteiger charge is -2.32. The van der Waals surface area contributed by atoms with E-state index in [4.69, 9.17) is 0 Å². The number of likely N-dealkylation sites (tertiary alicyclic amines) is 1. The number of halogens is 1. The lowest BCUT2D eigenvalue weighted by molar-refractivity contribution is 0.168. The first-order valence-electron chi connectivity index (χ1n) is 6.34. The number of nitrogens with zero attached hydrogens (tertiary/aromatic N) is 1. The molecule has 0 N–H and O–H groups in total. The molecule has 0 saturated carbocycles. The maximum Gasteiger partial charge on any atom is 0.0178 e. The van der Waals surface area contributed by atoms with Gasteiger partial charge in [0.25, 0.3) is 0 Å². The topological polar surface area (TPSA) is 3.24 Å². The summed E-state index contributed by atoms with van der Waals surface area (Å²) in [6, 6.07) is 7.56. The van der Waals surface area contributed by atoms with Gasteiger partial charge in [-0.1, -0.05) is 28.4 Å². The molecule has 1 saturated heterocycles. The molecule has 1 heterocycles. The van der Waals surface area contributed by atoms with Crippen LogP contribution in [0.25, 0.3) is 0 Å². The van der Waals surface area contributed by atoms with Crippen molar-refractivity contribution in [2.24, 2.45) is 0 Å². The summed E-state index contributed by atoms with van der Waals surface area (Å²) in [5, 5.41) is 0. The second-order valence-corrected chi connectivity index (χ2v) is 5.99. The third-order valence-electron chi connectivity index (χ3n) is 3.99. The van der Waals surface area contributed by atoms with Gasteiger partial charge in [-0.15, -0.1) is 0 Å². The van der Waals surface area contributed by atoms with E-state index in [-0.39, 0.29) is 0 Å². The molecular formula is C14H18BrN. The highest BCUT2D eigenvalue weighted by Crippen LogP contribution is 2.29. The van der Waals surface area contributed by atoms with E-state index >= 15 is 0 Å². The average Bonchev–Trinajstić information content (AvgIpc) is 2.73. The highest BCUT2D eigenvalue weighted by atomic mass is 79.9. The van der Waals surface area contributed by atoms with Gasteiger partial charge in [0.2, 0.25) is 0 Å². The first-order valence-corrected chi connectivity index (χ1v) is 7.13. The fraction of sp³-hybridized carbons (Fsp3) is 0.571. The van der Waals surface area contributed by atoms with Crippen LogP contribution in [-0.4, -0.2) is 24.0 Å². The Morgan fingerprint density at radius 1 is 1.00 bits per heavy atom. The molecule has 2 heteroatoms. The van der Waals surface area contributed by atoms with Gasteiger partial charge in [-0.2, -0.15) is 0 Å². The van der Waals surface area contributed by atoms with E-state index < -0.39 is 0 Å². The number of hydrogen-bond acceptors (Lipinski definition) is 1. The van der Waals surface area contributed by atoms with Gasteiger partial charge in [-0.05, 0) is 62.0 Å². The van der Waals surface area contributed by atoms with Crippen LogP contribution in [0.2, 0.25) is 0 Å². The summed E-state index contributed by atoms with van der Waals surface area (Å²) in [6.45, 7) is 2.64. The molecule has 1 atom stereocenters. The van der Waals surface area contributed by atoms with Gasteiger partial charge in [0.15, 0.2) is 0 Å². The zero-order valence-corrected chi connectivity index (χ0v) is 11.2. The summed E-state index contributed by atoms with van der Waals surface area (Å²) in [5.41, 5.74) is 3.13. The molecule has 1 fully saturated rings. The summed E-state index contributed by atoms with van der Waals surface area (Å²) in [5.74, 6) is 0. The highest BCUT2D eigenvalue weighted by molar-refractivity contribution is 9.10. The molecular weight excluding hydrogens is 262 g/mol. The van der Waals surface area contributed by atoms with Crippen LogP contribution in [0.4, 0.5) is 0 Å². The highest BCUT2D eigenvalue weighted by Gasteiger charge is 2.27. The monoisotopic (exact) mass is 279 g/mol. The summed E-state index contributed by atoms with van der Waals surface area (Å²) >= 11 is 3.57. The van der Waals surface area contributed by atoms with E-state index in [1.54, 1.807) is 11.1 Å². The van der Waals surface area contributed by atoms with Crippen LogP contribution >= 0.6 is 15.9 Å². The van der Waals surface area contributed by atoms with Crippen LogP contribution in [0.1, 0.15) is 30.4 Å². The van der Waals surface area contributed by atoms with Gasteiger partial charge in [-0.25, -0.2) is 0 Å². The number of hydrogen-bond donors (Lipinski definition) is 0. The maximum absolute atomic E-state index is 3.57. The molecule has 1 aliphatic heterocycles. The Morgan fingerprint density at radius 2 is 1.75 bits per heavy atom. The summed E-state index contributed by atoms with van der Waals surface area (Å²) < 4.78 is 1.23. The van der Waals surface area contributed by atoms with Crippen molar-refractivity contribution in [3.05, 3.63) is 33.8 Å². The third kappa shape index (κ3) is 2.05. The Hall–Kier alpha value is -0.340. The largest absolute Gasteiger partial charge is 0.300 e. The molecule has 1 aromatic carbocycles. The third-order valence-corrected chi connectivity index (χ3v) is 4.48. The molecule has 1 aromatic rings. The van der Waals surface area contributed by atoms with Crippen LogP contribution in [0.15, 0.2) is 22.7 Å². The number of piperidine rings is 1. The van der Waals surface area contributed by atoms with E-state index in [0.717, 1.165) is 6.04 Å². The van der Waals surface area contributed by atoms with Crippen LogP contribution in [-0.2, 0) is 12.8 Å². The van der Waals surface area contributed by atoms with Crippen molar-refractivity contribution in [1.82, 2.24) is 4.90 Å². The Morgan fingerprint density at radius 3 is 2.56 bits per heavy atom. The quantitative estimate of drug-likeness (QED) is 0.762. The van der Waals surface area contributed by atoms with Crippen LogP contribution in [0, 0.1) is 0 Å². The molecule has 3 rings (SSSR count). The molecule has 1 unspecified atom stereocenters. The lowest BCUT2D eigenvalue weighted by Crippen LogP contribution is -2.39. The maximum atomic E-state index is 3.57. The molecule has 16 heavy (non-hydrogen) atoms. The minimum atomic E-state index is 0.782. The second-order valence-electron chi connectivity index (χ2n) is 5.07. The van der Waals surface area contributed by atoms with Crippen molar-refractivity contribution in [2.75, 3.05) is 13.1 Å². The van der Waals surface area contributed by atoms with Gasteiger partial charge in [0.1, 0.15) is 0 Å². The number of benzene rings is 1. The number of rotatable bonds is 1. The van der Waals surface area contributed by atoms with E-state index in [9.17, 15) is 0 Å². The van der Waals surface area contributed by atoms with Crippen molar-refractivity contribution < 1.29 is 0 Å². The van der Waals surface area contributed by atoms with Crippen molar-refractivity contribution in [3.8, 4) is 0 Å². The van der Waals surface area contributed by atoms with Gasteiger partial charge in [0.05, 0.1) is 0 Å². The SMILES string of the molecule is Brc1ccc2c(c1)CC(N1CCCCC1)C2. The Balaban J connectivity index is 1.74. The lowest BCUT2D eigenvalue weighted by atomic mass is 10.1. The predicted molar refractivity (Wildman–Crippen MR) is 70.8 cm³/mol. The fourth-order valence-electron chi connectivity index (χ4n) is 3.11. The predicted octanol–water partition coefficient (Wildman–Crippen LogP) is 3.40. The second kappa shape index (κ2) is 4.50. The van der Waals surface area contributed by atoms with Gasteiger partial charge in [0, 0.05) is 10.5 Å². The fourth-order valence-corrected chi connectivity index (χ4v) is 3.51. The Bertz CT molecular complexity index is 382. The minimum Gasteiger partial charge on any atom is -0.300 e. The van der Waals surface area contributed by atoms with E-state index in [2.05, 4.69) is 39.0 Å². The van der Waals surface area contributed by atoms with Crippen LogP contribution in [0.5, 0.6) is 0 Å². The minimum absolute atomic E-state index is 0.782. The molecule has 1 nitrogen and oxygen atoms in total.